The number of hydrogen-bond donors (Lipinski definition) is 2. The second-order valence-corrected chi connectivity index (χ2v) is 4.56. The van der Waals surface area contributed by atoms with Crippen LogP contribution in [0.4, 0.5) is 11.5 Å². The highest BCUT2D eigenvalue weighted by Gasteiger charge is 2.10. The number of likely N-dealkylation sites (N-methyl/N-ethyl adjacent to an activating group) is 1. The zero-order chi connectivity index (χ0) is 13.0. The Hall–Kier alpha value is -1.30. The average molecular weight is 301 g/mol. The van der Waals surface area contributed by atoms with E-state index in [9.17, 15) is 4.79 Å². The number of halogens is 1. The Labute approximate surface area is 110 Å². The lowest BCUT2D eigenvalue weighted by Crippen LogP contribution is -2.32. The lowest BCUT2D eigenvalue weighted by Gasteiger charge is -2.16. The van der Waals surface area contributed by atoms with Crippen LogP contribution in [0, 0.1) is 6.92 Å². The van der Waals surface area contributed by atoms with Crippen LogP contribution in [0.25, 0.3) is 0 Å². The van der Waals surface area contributed by atoms with Gasteiger partial charge in [0.15, 0.2) is 0 Å². The van der Waals surface area contributed by atoms with E-state index in [4.69, 9.17) is 5.73 Å². The maximum absolute atomic E-state index is 11.6. The van der Waals surface area contributed by atoms with Crippen LogP contribution in [0.3, 0.4) is 0 Å². The van der Waals surface area contributed by atoms with Crippen molar-refractivity contribution in [3.63, 3.8) is 0 Å². The molecule has 1 amide bonds. The summed E-state index contributed by atoms with van der Waals surface area (Å²) in [6.07, 6.45) is 1.58. The zero-order valence-corrected chi connectivity index (χ0v) is 11.8. The molecule has 0 aliphatic carbocycles. The number of nitrogens with one attached hydrogen (secondary N) is 1. The van der Waals surface area contributed by atoms with Gasteiger partial charge in [0, 0.05) is 13.6 Å². The Balaban J connectivity index is 2.71. The number of carbonyl (C=O) groups is 1. The van der Waals surface area contributed by atoms with Crippen molar-refractivity contribution >= 4 is 33.3 Å². The maximum atomic E-state index is 11.6. The summed E-state index contributed by atoms with van der Waals surface area (Å²) in [5.41, 5.74) is 7.26. The van der Waals surface area contributed by atoms with E-state index in [1.54, 1.807) is 18.1 Å². The minimum Gasteiger partial charge on any atom is -0.397 e. The smallest absolute Gasteiger partial charge is 0.241 e. The molecule has 1 rings (SSSR count). The van der Waals surface area contributed by atoms with Crippen LogP contribution in [-0.4, -0.2) is 35.9 Å². The lowest BCUT2D eigenvalue weighted by atomic mass is 10.2. The number of nitrogen functional groups attached to an aromatic ring is 1. The zero-order valence-electron chi connectivity index (χ0n) is 10.2. The highest BCUT2D eigenvalue weighted by Crippen LogP contribution is 2.27. The van der Waals surface area contributed by atoms with Gasteiger partial charge in [-0.2, -0.15) is 0 Å². The van der Waals surface area contributed by atoms with Crippen molar-refractivity contribution in [2.45, 2.75) is 13.8 Å². The van der Waals surface area contributed by atoms with E-state index in [-0.39, 0.29) is 12.5 Å². The van der Waals surface area contributed by atoms with Gasteiger partial charge in [-0.25, -0.2) is 4.98 Å². The Morgan fingerprint density at radius 2 is 2.29 bits per heavy atom. The van der Waals surface area contributed by atoms with Crippen molar-refractivity contribution < 1.29 is 4.79 Å². The molecule has 17 heavy (non-hydrogen) atoms. The molecule has 1 aromatic heterocycles. The largest absolute Gasteiger partial charge is 0.397 e. The second-order valence-electron chi connectivity index (χ2n) is 3.76. The van der Waals surface area contributed by atoms with Crippen molar-refractivity contribution in [1.82, 2.24) is 9.88 Å². The summed E-state index contributed by atoms with van der Waals surface area (Å²) in [5, 5.41) is 2.99. The van der Waals surface area contributed by atoms with E-state index < -0.39 is 0 Å². The van der Waals surface area contributed by atoms with Crippen LogP contribution in [0.5, 0.6) is 0 Å². The number of carbonyl (C=O) groups excluding carboxylic acids is 1. The van der Waals surface area contributed by atoms with Crippen LogP contribution >= 0.6 is 15.9 Å². The van der Waals surface area contributed by atoms with Crippen LogP contribution in [0.15, 0.2) is 10.7 Å². The number of nitrogens with zero attached hydrogens (tertiary/aromatic N) is 2. The van der Waals surface area contributed by atoms with Gasteiger partial charge in [-0.3, -0.25) is 4.79 Å². The van der Waals surface area contributed by atoms with Gasteiger partial charge in [-0.05, 0) is 35.3 Å². The molecule has 0 saturated carbocycles. The number of rotatable bonds is 4. The summed E-state index contributed by atoms with van der Waals surface area (Å²) in [6, 6.07) is 0. The van der Waals surface area contributed by atoms with Gasteiger partial charge >= 0.3 is 0 Å². The third-order valence-electron chi connectivity index (χ3n) is 2.61. The number of pyridine rings is 1. The molecule has 0 bridgehead atoms. The molecular formula is C11H17BrN4O. The molecular weight excluding hydrogens is 284 g/mol. The minimum atomic E-state index is 0.0238. The van der Waals surface area contributed by atoms with Crippen molar-refractivity contribution in [2.75, 3.05) is 31.2 Å². The summed E-state index contributed by atoms with van der Waals surface area (Å²) < 4.78 is 0.796. The van der Waals surface area contributed by atoms with E-state index in [1.165, 1.54) is 0 Å². The Kier molecular flexibility index (Phi) is 4.74. The molecule has 94 valence electrons. The molecule has 0 aromatic carbocycles. The predicted octanol–water partition coefficient (Wildman–Crippen LogP) is 1.62. The number of amides is 1. The fourth-order valence-corrected chi connectivity index (χ4v) is 1.66. The standard InChI is InChI=1S/C11H17BrN4O/c1-4-16(3)9(17)6-15-11-10(12)7(2)8(13)5-14-11/h5H,4,6,13H2,1-3H3,(H,14,15). The molecule has 0 fully saturated rings. The number of hydrogen-bond acceptors (Lipinski definition) is 4. The third kappa shape index (κ3) is 3.33. The molecule has 6 heteroatoms. The van der Waals surface area contributed by atoms with Crippen LogP contribution < -0.4 is 11.1 Å². The van der Waals surface area contributed by atoms with Crippen molar-refractivity contribution in [1.29, 1.82) is 0 Å². The predicted molar refractivity (Wildman–Crippen MR) is 72.9 cm³/mol. The topological polar surface area (TPSA) is 71.2 Å². The van der Waals surface area contributed by atoms with Crippen LogP contribution in [0.1, 0.15) is 12.5 Å². The van der Waals surface area contributed by atoms with Gasteiger partial charge in [-0.15, -0.1) is 0 Å². The first-order valence-electron chi connectivity index (χ1n) is 5.35. The van der Waals surface area contributed by atoms with E-state index in [0.29, 0.717) is 18.1 Å². The average Bonchev–Trinajstić information content (AvgIpc) is 2.33. The monoisotopic (exact) mass is 300 g/mol. The van der Waals surface area contributed by atoms with E-state index >= 15 is 0 Å². The number of anilines is 2. The molecule has 0 aliphatic heterocycles. The van der Waals surface area contributed by atoms with E-state index in [2.05, 4.69) is 26.2 Å². The third-order valence-corrected chi connectivity index (χ3v) is 3.58. The van der Waals surface area contributed by atoms with Crippen LogP contribution in [-0.2, 0) is 4.79 Å². The van der Waals surface area contributed by atoms with Crippen molar-refractivity contribution in [3.05, 3.63) is 16.2 Å². The summed E-state index contributed by atoms with van der Waals surface area (Å²) >= 11 is 3.41. The number of aromatic nitrogens is 1. The van der Waals surface area contributed by atoms with Gasteiger partial charge in [0.25, 0.3) is 0 Å². The molecule has 3 N–H and O–H groups in total. The fraction of sp³-hybridized carbons (Fsp3) is 0.455. The minimum absolute atomic E-state index is 0.0238. The lowest BCUT2D eigenvalue weighted by molar-refractivity contribution is -0.127. The van der Waals surface area contributed by atoms with Gasteiger partial charge in [0.05, 0.1) is 22.9 Å². The summed E-state index contributed by atoms with van der Waals surface area (Å²) in [4.78, 5) is 17.4. The van der Waals surface area contributed by atoms with Crippen molar-refractivity contribution in [3.8, 4) is 0 Å². The van der Waals surface area contributed by atoms with Crippen LogP contribution in [0.2, 0.25) is 0 Å². The molecule has 0 unspecified atom stereocenters. The summed E-state index contributed by atoms with van der Waals surface area (Å²) in [7, 11) is 1.76. The SMILES string of the molecule is CCN(C)C(=O)CNc1ncc(N)c(C)c1Br. The molecule has 1 aromatic rings. The van der Waals surface area contributed by atoms with Gasteiger partial charge < -0.3 is 16.0 Å². The first kappa shape index (κ1) is 13.8. The first-order chi connectivity index (χ1) is 7.97. The normalized spacial score (nSPS) is 10.1. The molecule has 0 spiro atoms. The molecule has 0 aliphatic rings. The quantitative estimate of drug-likeness (QED) is 0.886. The van der Waals surface area contributed by atoms with E-state index in [1.807, 2.05) is 13.8 Å². The fourth-order valence-electron chi connectivity index (χ4n) is 1.19. The van der Waals surface area contributed by atoms with Crippen molar-refractivity contribution in [2.24, 2.45) is 0 Å². The molecule has 0 radical (unpaired) electrons. The second kappa shape index (κ2) is 5.86. The van der Waals surface area contributed by atoms with Gasteiger partial charge in [0.2, 0.25) is 5.91 Å². The Bertz CT molecular complexity index is 422. The highest BCUT2D eigenvalue weighted by molar-refractivity contribution is 9.10. The highest BCUT2D eigenvalue weighted by atomic mass is 79.9. The Morgan fingerprint density at radius 1 is 1.65 bits per heavy atom. The van der Waals surface area contributed by atoms with Gasteiger partial charge in [-0.1, -0.05) is 0 Å². The summed E-state index contributed by atoms with van der Waals surface area (Å²) in [6.45, 7) is 4.74. The molecule has 5 nitrogen and oxygen atoms in total. The number of nitrogens with two attached hydrogens (primary N) is 1. The first-order valence-corrected chi connectivity index (χ1v) is 6.15. The maximum Gasteiger partial charge on any atom is 0.241 e. The van der Waals surface area contributed by atoms with Gasteiger partial charge in [0.1, 0.15) is 5.82 Å². The summed E-state index contributed by atoms with van der Waals surface area (Å²) in [5.74, 6) is 0.658. The van der Waals surface area contributed by atoms with E-state index in [0.717, 1.165) is 10.0 Å². The molecule has 1 heterocycles. The molecule has 0 atom stereocenters. The Morgan fingerprint density at radius 3 is 2.88 bits per heavy atom. The molecule has 0 saturated heterocycles.